The van der Waals surface area contributed by atoms with Crippen molar-refractivity contribution in [3.63, 3.8) is 0 Å². The Bertz CT molecular complexity index is 1010. The lowest BCUT2D eigenvalue weighted by Crippen LogP contribution is -2.06. The molecule has 0 unspecified atom stereocenters. The number of thiophene rings is 1. The minimum Gasteiger partial charge on any atom is -0.315 e. The fourth-order valence-corrected chi connectivity index (χ4v) is 3.46. The second-order valence-corrected chi connectivity index (χ2v) is 6.57. The molecule has 25 heavy (non-hydrogen) atoms. The van der Waals surface area contributed by atoms with E-state index in [1.807, 2.05) is 30.5 Å². The van der Waals surface area contributed by atoms with Crippen molar-refractivity contribution in [2.75, 3.05) is 0 Å². The molecule has 5 heteroatoms. The Hall–Kier alpha value is -2.97. The van der Waals surface area contributed by atoms with Crippen LogP contribution in [0.4, 0.5) is 4.39 Å². The number of aryl methyl sites for hydroxylation is 1. The molecule has 2 aromatic heterocycles. The Morgan fingerprint density at radius 3 is 2.64 bits per heavy atom. The highest BCUT2D eigenvalue weighted by Crippen LogP contribution is 2.25. The number of Topliss-reactive ketones (excluding diaryl/α,β-unsaturated/α-hetero) is 1. The summed E-state index contributed by atoms with van der Waals surface area (Å²) in [4.78, 5) is 13.7. The summed E-state index contributed by atoms with van der Waals surface area (Å²) in [5.41, 5.74) is 2.21. The zero-order valence-electron chi connectivity index (χ0n) is 13.8. The molecule has 124 valence electrons. The molecule has 0 radical (unpaired) electrons. The smallest absolute Gasteiger partial charge is 0.205 e. The molecule has 3 aromatic rings. The first kappa shape index (κ1) is 16.9. The molecular weight excluding hydrogens is 335 g/mol. The van der Waals surface area contributed by atoms with E-state index in [0.29, 0.717) is 16.9 Å². The van der Waals surface area contributed by atoms with E-state index in [2.05, 4.69) is 0 Å². The minimum absolute atomic E-state index is 0.0660. The van der Waals surface area contributed by atoms with Gasteiger partial charge in [0.15, 0.2) is 0 Å². The van der Waals surface area contributed by atoms with Crippen LogP contribution >= 0.6 is 11.3 Å². The molecule has 3 rings (SSSR count). The summed E-state index contributed by atoms with van der Waals surface area (Å²) in [7, 11) is 0. The van der Waals surface area contributed by atoms with Gasteiger partial charge in [-0.1, -0.05) is 18.2 Å². The Labute approximate surface area is 149 Å². The highest BCUT2D eigenvalue weighted by molar-refractivity contribution is 7.10. The van der Waals surface area contributed by atoms with Crippen LogP contribution in [0.25, 0.3) is 11.8 Å². The van der Waals surface area contributed by atoms with Crippen LogP contribution in [0.15, 0.2) is 53.4 Å². The second-order valence-electron chi connectivity index (χ2n) is 5.59. The van der Waals surface area contributed by atoms with Crippen molar-refractivity contribution >= 4 is 23.2 Å². The van der Waals surface area contributed by atoms with Crippen molar-refractivity contribution in [1.82, 2.24) is 4.57 Å². The number of nitriles is 1. The van der Waals surface area contributed by atoms with E-state index in [4.69, 9.17) is 0 Å². The number of carbonyl (C=O) groups is 1. The molecule has 0 aliphatic rings. The standard InChI is InChI=1S/C20H15FN2OS/c1-13-10-17(14(2)23(13)19-8-4-3-7-18(19)21)20(24)15(12-22)11-16-6-5-9-25-16/h3-11H,1-2H3/b15-11+. The number of nitrogens with zero attached hydrogens (tertiary/aromatic N) is 2. The van der Waals surface area contributed by atoms with E-state index in [9.17, 15) is 14.4 Å². The number of benzene rings is 1. The van der Waals surface area contributed by atoms with E-state index in [1.54, 1.807) is 41.8 Å². The molecule has 0 bridgehead atoms. The number of aromatic nitrogens is 1. The van der Waals surface area contributed by atoms with Gasteiger partial charge in [0.25, 0.3) is 0 Å². The van der Waals surface area contributed by atoms with Crippen LogP contribution in [-0.2, 0) is 0 Å². The highest BCUT2D eigenvalue weighted by atomic mass is 32.1. The Morgan fingerprint density at radius 2 is 2.00 bits per heavy atom. The van der Waals surface area contributed by atoms with Gasteiger partial charge >= 0.3 is 0 Å². The van der Waals surface area contributed by atoms with Crippen LogP contribution < -0.4 is 0 Å². The van der Waals surface area contributed by atoms with Crippen LogP contribution in [-0.4, -0.2) is 10.4 Å². The maximum absolute atomic E-state index is 14.2. The first-order chi connectivity index (χ1) is 12.0. The molecule has 0 N–H and O–H groups in total. The van der Waals surface area contributed by atoms with E-state index >= 15 is 0 Å². The lowest BCUT2D eigenvalue weighted by atomic mass is 10.0. The predicted octanol–water partition coefficient (Wildman–Crippen LogP) is 5.08. The van der Waals surface area contributed by atoms with E-state index < -0.39 is 0 Å². The summed E-state index contributed by atoms with van der Waals surface area (Å²) in [5.74, 6) is -0.718. The third-order valence-electron chi connectivity index (χ3n) is 3.96. The van der Waals surface area contributed by atoms with E-state index in [1.165, 1.54) is 17.4 Å². The van der Waals surface area contributed by atoms with Gasteiger partial charge in [0, 0.05) is 21.8 Å². The molecule has 0 fully saturated rings. The number of ketones is 1. The quantitative estimate of drug-likeness (QED) is 0.374. The Balaban J connectivity index is 2.08. The summed E-state index contributed by atoms with van der Waals surface area (Å²) in [6.45, 7) is 3.57. The summed E-state index contributed by atoms with van der Waals surface area (Å²) in [5, 5.41) is 11.3. The molecule has 0 amide bonds. The zero-order chi connectivity index (χ0) is 18.0. The first-order valence-corrected chi connectivity index (χ1v) is 8.54. The lowest BCUT2D eigenvalue weighted by Gasteiger charge is -2.10. The SMILES string of the molecule is Cc1cc(C(=O)/C(C#N)=C/c2cccs2)c(C)n1-c1ccccc1F. The van der Waals surface area contributed by atoms with Crippen molar-refractivity contribution in [3.8, 4) is 11.8 Å². The number of para-hydroxylation sites is 1. The average molecular weight is 350 g/mol. The number of halogens is 1. The molecular formula is C20H15FN2OS. The van der Waals surface area contributed by atoms with Gasteiger partial charge in [-0.05, 0) is 49.6 Å². The van der Waals surface area contributed by atoms with E-state index in [0.717, 1.165) is 10.6 Å². The van der Waals surface area contributed by atoms with Gasteiger partial charge in [-0.2, -0.15) is 5.26 Å². The van der Waals surface area contributed by atoms with Crippen LogP contribution in [0.3, 0.4) is 0 Å². The van der Waals surface area contributed by atoms with Crippen LogP contribution in [0.5, 0.6) is 0 Å². The Kier molecular flexibility index (Phi) is 4.64. The molecule has 2 heterocycles. The second kappa shape index (κ2) is 6.88. The number of hydrogen-bond donors (Lipinski definition) is 0. The average Bonchev–Trinajstić information content (AvgIpc) is 3.21. The predicted molar refractivity (Wildman–Crippen MR) is 97.4 cm³/mol. The van der Waals surface area contributed by atoms with Crippen molar-refractivity contribution in [2.24, 2.45) is 0 Å². The van der Waals surface area contributed by atoms with Gasteiger partial charge < -0.3 is 4.57 Å². The van der Waals surface area contributed by atoms with Crippen molar-refractivity contribution < 1.29 is 9.18 Å². The fraction of sp³-hybridized carbons (Fsp3) is 0.100. The van der Waals surface area contributed by atoms with Crippen molar-refractivity contribution in [1.29, 1.82) is 5.26 Å². The normalized spacial score (nSPS) is 11.4. The highest BCUT2D eigenvalue weighted by Gasteiger charge is 2.21. The molecule has 0 saturated carbocycles. The van der Waals surface area contributed by atoms with Gasteiger partial charge in [0.2, 0.25) is 5.78 Å². The summed E-state index contributed by atoms with van der Waals surface area (Å²) < 4.78 is 15.9. The lowest BCUT2D eigenvalue weighted by molar-refractivity contribution is 0.103. The summed E-state index contributed by atoms with van der Waals surface area (Å²) in [6.07, 6.45) is 1.59. The number of allylic oxidation sites excluding steroid dienone is 1. The van der Waals surface area contributed by atoms with Gasteiger partial charge in [0.05, 0.1) is 5.69 Å². The molecule has 0 aliphatic carbocycles. The zero-order valence-corrected chi connectivity index (χ0v) is 14.6. The first-order valence-electron chi connectivity index (χ1n) is 7.66. The molecule has 0 aliphatic heterocycles. The number of hydrogen-bond acceptors (Lipinski definition) is 3. The maximum Gasteiger partial charge on any atom is 0.205 e. The molecule has 3 nitrogen and oxygen atoms in total. The monoisotopic (exact) mass is 350 g/mol. The van der Waals surface area contributed by atoms with Crippen molar-refractivity contribution in [3.05, 3.63) is 81.1 Å². The van der Waals surface area contributed by atoms with Gasteiger partial charge in [-0.25, -0.2) is 4.39 Å². The molecule has 1 aromatic carbocycles. The van der Waals surface area contributed by atoms with Gasteiger partial charge in [-0.3, -0.25) is 4.79 Å². The van der Waals surface area contributed by atoms with Crippen LogP contribution in [0.2, 0.25) is 0 Å². The largest absolute Gasteiger partial charge is 0.315 e. The van der Waals surface area contributed by atoms with E-state index in [-0.39, 0.29) is 17.2 Å². The maximum atomic E-state index is 14.2. The van der Waals surface area contributed by atoms with Crippen LogP contribution in [0, 0.1) is 31.0 Å². The van der Waals surface area contributed by atoms with Gasteiger partial charge in [-0.15, -0.1) is 11.3 Å². The van der Waals surface area contributed by atoms with Crippen molar-refractivity contribution in [2.45, 2.75) is 13.8 Å². The third-order valence-corrected chi connectivity index (χ3v) is 4.78. The molecule has 0 atom stereocenters. The third kappa shape index (κ3) is 3.17. The summed E-state index contributed by atoms with van der Waals surface area (Å²) in [6, 6.07) is 13.8. The Morgan fingerprint density at radius 1 is 1.24 bits per heavy atom. The number of carbonyl (C=O) groups excluding carboxylic acids is 1. The minimum atomic E-state index is -0.363. The molecule has 0 spiro atoms. The molecule has 0 saturated heterocycles. The van der Waals surface area contributed by atoms with Crippen LogP contribution in [0.1, 0.15) is 26.6 Å². The summed E-state index contributed by atoms with van der Waals surface area (Å²) >= 11 is 1.46. The fourth-order valence-electron chi connectivity index (χ4n) is 2.81. The van der Waals surface area contributed by atoms with Gasteiger partial charge in [0.1, 0.15) is 17.5 Å². The topological polar surface area (TPSA) is 45.8 Å². The number of rotatable bonds is 4.